The molecule has 0 aromatic rings. The Morgan fingerprint density at radius 1 is 1.21 bits per heavy atom. The van der Waals surface area contributed by atoms with Gasteiger partial charge >= 0.3 is 0 Å². The lowest BCUT2D eigenvalue weighted by Gasteiger charge is -1.93. The molecular weight excluding hydrogens is 238 g/mol. The summed E-state index contributed by atoms with van der Waals surface area (Å²) in [4.78, 5) is 9.84. The zero-order valence-corrected chi connectivity index (χ0v) is 12.6. The molecule has 0 heterocycles. The molecule has 0 aliphatic heterocycles. The van der Waals surface area contributed by atoms with Crippen molar-refractivity contribution in [3.8, 4) is 0 Å². The van der Waals surface area contributed by atoms with Crippen LogP contribution in [0.5, 0.6) is 0 Å². The molecule has 0 rings (SSSR count). The third-order valence-electron chi connectivity index (χ3n) is 2.46. The first-order valence-corrected chi connectivity index (χ1v) is 6.97. The van der Waals surface area contributed by atoms with Crippen LogP contribution in [0.25, 0.3) is 0 Å². The third-order valence-corrected chi connectivity index (χ3v) is 2.46. The van der Waals surface area contributed by atoms with E-state index in [0.717, 1.165) is 24.7 Å². The Bertz CT molecular complexity index is 291. The maximum absolute atomic E-state index is 9.84. The predicted molar refractivity (Wildman–Crippen MR) is 82.9 cm³/mol. The van der Waals surface area contributed by atoms with Crippen LogP contribution in [0.3, 0.4) is 0 Å². The Morgan fingerprint density at radius 2 is 1.84 bits per heavy atom. The molecule has 3 N–H and O–H groups in total. The number of nitrogens with two attached hydrogens (primary N) is 1. The molecule has 0 aromatic carbocycles. The van der Waals surface area contributed by atoms with Crippen molar-refractivity contribution in [1.82, 2.24) is 0 Å². The van der Waals surface area contributed by atoms with Crippen LogP contribution in [0.2, 0.25) is 0 Å². The van der Waals surface area contributed by atoms with E-state index in [1.807, 2.05) is 6.92 Å². The smallest absolute Gasteiger partial charge is 0.119 e. The molecular formula is C16H29NO2. The largest absolute Gasteiger partial charge is 0.508 e. The summed E-state index contributed by atoms with van der Waals surface area (Å²) in [6, 6.07) is 0. The van der Waals surface area contributed by atoms with Gasteiger partial charge in [0.05, 0.1) is 0 Å². The van der Waals surface area contributed by atoms with Crippen molar-refractivity contribution in [2.75, 3.05) is 0 Å². The Morgan fingerprint density at radius 3 is 2.32 bits per heavy atom. The van der Waals surface area contributed by atoms with Crippen molar-refractivity contribution in [2.45, 2.75) is 59.3 Å². The number of hydrogen-bond acceptors (Lipinski definition) is 3. The second kappa shape index (κ2) is 16.5. The number of carbonyl (C=O) groups is 1. The molecule has 0 aliphatic carbocycles. The zero-order chi connectivity index (χ0) is 14.9. The maximum Gasteiger partial charge on any atom is 0.119 e. The molecule has 0 unspecified atom stereocenters. The fourth-order valence-corrected chi connectivity index (χ4v) is 1.35. The van der Waals surface area contributed by atoms with Crippen LogP contribution in [0.1, 0.15) is 59.3 Å². The van der Waals surface area contributed by atoms with Crippen LogP contribution in [-0.4, -0.2) is 11.4 Å². The molecule has 3 nitrogen and oxygen atoms in total. The van der Waals surface area contributed by atoms with Crippen LogP contribution in [0.15, 0.2) is 35.8 Å². The Balaban J connectivity index is 0. The van der Waals surface area contributed by atoms with Gasteiger partial charge in [0.2, 0.25) is 0 Å². The van der Waals surface area contributed by atoms with E-state index in [-0.39, 0.29) is 5.76 Å². The van der Waals surface area contributed by atoms with E-state index in [4.69, 9.17) is 10.8 Å². The summed E-state index contributed by atoms with van der Waals surface area (Å²) in [5.41, 5.74) is 6.05. The summed E-state index contributed by atoms with van der Waals surface area (Å²) < 4.78 is 0. The van der Waals surface area contributed by atoms with Crippen LogP contribution >= 0.6 is 0 Å². The molecule has 0 atom stereocenters. The summed E-state index contributed by atoms with van der Waals surface area (Å²) in [6.07, 6.45) is 14.4. The molecule has 0 saturated heterocycles. The van der Waals surface area contributed by atoms with Gasteiger partial charge in [0.15, 0.2) is 0 Å². The average molecular weight is 267 g/mol. The van der Waals surface area contributed by atoms with Gasteiger partial charge in [-0.15, -0.1) is 0 Å². The number of unbranched alkanes of at least 4 members (excludes halogenated alkanes) is 5. The van der Waals surface area contributed by atoms with E-state index in [9.17, 15) is 4.79 Å². The lowest BCUT2D eigenvalue weighted by molar-refractivity contribution is -0.107. The minimum absolute atomic E-state index is 0.260. The van der Waals surface area contributed by atoms with Crippen molar-refractivity contribution < 1.29 is 9.90 Å². The second-order valence-corrected chi connectivity index (χ2v) is 4.33. The monoisotopic (exact) mass is 267 g/mol. The number of aliphatic hydroxyl groups is 1. The van der Waals surface area contributed by atoms with Gasteiger partial charge in [-0.3, -0.25) is 0 Å². The van der Waals surface area contributed by atoms with Gasteiger partial charge < -0.3 is 15.6 Å². The van der Waals surface area contributed by atoms with Crippen molar-refractivity contribution in [3.05, 3.63) is 35.8 Å². The SMILES string of the molecule is CCCCCCCC=O.C\C=C(O)/C=C(C)\C=C\N. The number of rotatable bonds is 8. The molecule has 0 bridgehead atoms. The van der Waals surface area contributed by atoms with Crippen molar-refractivity contribution in [2.24, 2.45) is 5.73 Å². The second-order valence-electron chi connectivity index (χ2n) is 4.33. The molecule has 0 aromatic heterocycles. The molecule has 0 saturated carbocycles. The topological polar surface area (TPSA) is 63.3 Å². The summed E-state index contributed by atoms with van der Waals surface area (Å²) in [7, 11) is 0. The third kappa shape index (κ3) is 19.0. The molecule has 0 aliphatic rings. The van der Waals surface area contributed by atoms with Crippen molar-refractivity contribution in [3.63, 3.8) is 0 Å². The van der Waals surface area contributed by atoms with Gasteiger partial charge in [0, 0.05) is 6.42 Å². The fraction of sp³-hybridized carbons (Fsp3) is 0.562. The first-order valence-electron chi connectivity index (χ1n) is 6.97. The van der Waals surface area contributed by atoms with Gasteiger partial charge in [0.25, 0.3) is 0 Å². The zero-order valence-electron chi connectivity index (χ0n) is 12.6. The summed E-state index contributed by atoms with van der Waals surface area (Å²) in [5, 5.41) is 8.96. The lowest BCUT2D eigenvalue weighted by atomic mass is 10.1. The quantitative estimate of drug-likeness (QED) is 0.296. The normalized spacial score (nSPS) is 12.2. The highest BCUT2D eigenvalue weighted by molar-refractivity contribution is 5.48. The fourth-order valence-electron chi connectivity index (χ4n) is 1.35. The van der Waals surface area contributed by atoms with Crippen LogP contribution < -0.4 is 5.73 Å². The Labute approximate surface area is 117 Å². The van der Waals surface area contributed by atoms with E-state index >= 15 is 0 Å². The average Bonchev–Trinajstić information content (AvgIpc) is 2.39. The van der Waals surface area contributed by atoms with Crippen LogP contribution in [0, 0.1) is 0 Å². The number of aldehydes is 1. The van der Waals surface area contributed by atoms with Gasteiger partial charge in [-0.05, 0) is 50.3 Å². The number of aliphatic hydroxyl groups excluding tert-OH is 1. The van der Waals surface area contributed by atoms with E-state index in [2.05, 4.69) is 6.92 Å². The van der Waals surface area contributed by atoms with E-state index in [1.54, 1.807) is 25.2 Å². The molecule has 0 spiro atoms. The number of hydrogen-bond donors (Lipinski definition) is 2. The number of carbonyl (C=O) groups excluding carboxylic acids is 1. The van der Waals surface area contributed by atoms with Crippen LogP contribution in [0.4, 0.5) is 0 Å². The molecule has 0 radical (unpaired) electrons. The Kier molecular flexibility index (Phi) is 17.2. The molecule has 110 valence electrons. The van der Waals surface area contributed by atoms with Crippen molar-refractivity contribution in [1.29, 1.82) is 0 Å². The summed E-state index contributed by atoms with van der Waals surface area (Å²) >= 11 is 0. The standard InChI is InChI=1S/C8H13NO.C8H16O/c1-3-8(10)6-7(2)4-5-9;1-2-3-4-5-6-7-8-9/h3-6,10H,9H2,1-2H3;8H,2-7H2,1H3/b5-4+,7-6-,8-3+;. The van der Waals surface area contributed by atoms with Gasteiger partial charge in [-0.1, -0.05) is 32.6 Å². The number of allylic oxidation sites excluding steroid dienone is 4. The highest BCUT2D eigenvalue weighted by Gasteiger charge is 1.86. The molecule has 0 amide bonds. The van der Waals surface area contributed by atoms with Gasteiger partial charge in [-0.25, -0.2) is 0 Å². The van der Waals surface area contributed by atoms with Crippen molar-refractivity contribution >= 4 is 6.29 Å². The first-order chi connectivity index (χ1) is 9.12. The van der Waals surface area contributed by atoms with Gasteiger partial charge in [-0.2, -0.15) is 0 Å². The maximum atomic E-state index is 9.84. The highest BCUT2D eigenvalue weighted by atomic mass is 16.3. The highest BCUT2D eigenvalue weighted by Crippen LogP contribution is 2.03. The van der Waals surface area contributed by atoms with Crippen LogP contribution in [-0.2, 0) is 4.79 Å². The minimum atomic E-state index is 0.260. The molecule has 0 fully saturated rings. The summed E-state index contributed by atoms with van der Waals surface area (Å²) in [5.74, 6) is 0.260. The van der Waals surface area contributed by atoms with E-state index in [0.29, 0.717) is 0 Å². The minimum Gasteiger partial charge on any atom is -0.508 e. The molecule has 3 heteroatoms. The first kappa shape index (κ1) is 19.8. The molecule has 19 heavy (non-hydrogen) atoms. The Hall–Kier alpha value is -1.51. The lowest BCUT2D eigenvalue weighted by Crippen LogP contribution is -1.79. The van der Waals surface area contributed by atoms with E-state index in [1.165, 1.54) is 31.9 Å². The van der Waals surface area contributed by atoms with Gasteiger partial charge in [0.1, 0.15) is 12.0 Å². The summed E-state index contributed by atoms with van der Waals surface area (Å²) in [6.45, 7) is 5.83. The predicted octanol–water partition coefficient (Wildman–Crippen LogP) is 4.41. The van der Waals surface area contributed by atoms with E-state index < -0.39 is 0 Å².